The summed E-state index contributed by atoms with van der Waals surface area (Å²) in [6.45, 7) is 1.71. The number of halogens is 3. The van der Waals surface area contributed by atoms with E-state index in [1.807, 2.05) is 0 Å². The van der Waals surface area contributed by atoms with E-state index < -0.39 is 0 Å². The van der Waals surface area contributed by atoms with Gasteiger partial charge in [-0.2, -0.15) is 10.1 Å². The van der Waals surface area contributed by atoms with Crippen LogP contribution in [0.5, 0.6) is 11.5 Å². The van der Waals surface area contributed by atoms with E-state index in [0.717, 1.165) is 5.01 Å². The van der Waals surface area contributed by atoms with E-state index in [9.17, 15) is 9.90 Å². The Bertz CT molecular complexity index is 947. The van der Waals surface area contributed by atoms with Gasteiger partial charge in [0.05, 0.1) is 28.4 Å². The van der Waals surface area contributed by atoms with Crippen molar-refractivity contribution in [2.45, 2.75) is 6.92 Å². The van der Waals surface area contributed by atoms with Crippen molar-refractivity contribution in [1.82, 2.24) is 0 Å². The monoisotopic (exact) mass is 410 g/mol. The van der Waals surface area contributed by atoms with Crippen LogP contribution in [0, 0.1) is 0 Å². The molecule has 3 rings (SSSR count). The Labute approximate surface area is 165 Å². The van der Waals surface area contributed by atoms with Crippen LogP contribution in [-0.2, 0) is 4.79 Å². The van der Waals surface area contributed by atoms with Crippen molar-refractivity contribution >= 4 is 58.2 Å². The van der Waals surface area contributed by atoms with Crippen molar-refractivity contribution in [3.05, 3.63) is 56.5 Å². The minimum absolute atomic E-state index is 0.0131. The number of anilines is 1. The molecule has 0 unspecified atom stereocenters. The van der Waals surface area contributed by atoms with Gasteiger partial charge in [0, 0.05) is 5.02 Å². The maximum atomic E-state index is 12.8. The first-order chi connectivity index (χ1) is 12.3. The second-order valence-electron chi connectivity index (χ2n) is 5.51. The Morgan fingerprint density at radius 2 is 1.81 bits per heavy atom. The molecule has 1 aliphatic rings. The zero-order valence-electron chi connectivity index (χ0n) is 13.8. The molecule has 0 atom stereocenters. The van der Waals surface area contributed by atoms with Gasteiger partial charge >= 0.3 is 0 Å². The quantitative estimate of drug-likeness (QED) is 0.709. The number of hydrogen-bond acceptors (Lipinski definition) is 4. The molecule has 0 radical (unpaired) electrons. The van der Waals surface area contributed by atoms with Gasteiger partial charge in [0.15, 0.2) is 11.5 Å². The van der Waals surface area contributed by atoms with Gasteiger partial charge in [-0.05, 0) is 42.8 Å². The standard InChI is InChI=1S/C18H13Cl3N2O3/c1-9-12(5-10-3-4-15(24)16(6-10)26-2)18(25)23(22-9)17-13(20)7-11(19)8-14(17)21/h3-8,24H,1-2H3. The molecule has 0 aromatic heterocycles. The molecule has 2 aromatic carbocycles. The average Bonchev–Trinajstić information content (AvgIpc) is 2.83. The van der Waals surface area contributed by atoms with Crippen LogP contribution in [0.15, 0.2) is 41.0 Å². The number of hydrogen-bond donors (Lipinski definition) is 1. The molecular weight excluding hydrogens is 399 g/mol. The summed E-state index contributed by atoms with van der Waals surface area (Å²) in [5.41, 5.74) is 1.82. The van der Waals surface area contributed by atoms with Crippen LogP contribution >= 0.6 is 34.8 Å². The van der Waals surface area contributed by atoms with Crippen LogP contribution in [0.2, 0.25) is 15.1 Å². The largest absolute Gasteiger partial charge is 0.504 e. The molecule has 2 aromatic rings. The van der Waals surface area contributed by atoms with Gasteiger partial charge in [-0.1, -0.05) is 40.9 Å². The molecule has 5 nitrogen and oxygen atoms in total. The minimum Gasteiger partial charge on any atom is -0.504 e. The van der Waals surface area contributed by atoms with Crippen molar-refractivity contribution in [3.63, 3.8) is 0 Å². The zero-order valence-corrected chi connectivity index (χ0v) is 16.0. The number of phenols is 1. The van der Waals surface area contributed by atoms with E-state index in [1.54, 1.807) is 25.1 Å². The van der Waals surface area contributed by atoms with Crippen molar-refractivity contribution in [3.8, 4) is 11.5 Å². The summed E-state index contributed by atoms with van der Waals surface area (Å²) in [5, 5.41) is 15.9. The fourth-order valence-electron chi connectivity index (χ4n) is 2.52. The van der Waals surface area contributed by atoms with E-state index in [1.165, 1.54) is 25.3 Å². The third-order valence-electron chi connectivity index (χ3n) is 3.77. The Morgan fingerprint density at radius 3 is 2.42 bits per heavy atom. The third-order valence-corrected chi connectivity index (χ3v) is 4.57. The van der Waals surface area contributed by atoms with E-state index in [4.69, 9.17) is 39.5 Å². The molecule has 0 saturated carbocycles. The van der Waals surface area contributed by atoms with E-state index in [-0.39, 0.29) is 27.4 Å². The van der Waals surface area contributed by atoms with E-state index in [2.05, 4.69) is 5.10 Å². The van der Waals surface area contributed by atoms with Crippen LogP contribution in [0.4, 0.5) is 5.69 Å². The van der Waals surface area contributed by atoms with Crippen LogP contribution in [0.1, 0.15) is 12.5 Å². The lowest BCUT2D eigenvalue weighted by atomic mass is 10.1. The Morgan fingerprint density at radius 1 is 1.15 bits per heavy atom. The number of phenolic OH excluding ortho intramolecular Hbond substituents is 1. The van der Waals surface area contributed by atoms with Crippen molar-refractivity contribution in [2.24, 2.45) is 5.10 Å². The molecule has 0 bridgehead atoms. The predicted molar refractivity (Wildman–Crippen MR) is 105 cm³/mol. The highest BCUT2D eigenvalue weighted by atomic mass is 35.5. The van der Waals surface area contributed by atoms with E-state index in [0.29, 0.717) is 27.6 Å². The van der Waals surface area contributed by atoms with E-state index >= 15 is 0 Å². The molecular formula is C18H13Cl3N2O3. The maximum absolute atomic E-state index is 12.8. The summed E-state index contributed by atoms with van der Waals surface area (Å²) >= 11 is 18.3. The van der Waals surface area contributed by atoms with Gasteiger partial charge in [0.25, 0.3) is 5.91 Å². The number of benzene rings is 2. The lowest BCUT2D eigenvalue weighted by molar-refractivity contribution is -0.114. The number of carbonyl (C=O) groups excluding carboxylic acids is 1. The Balaban J connectivity index is 2.01. The van der Waals surface area contributed by atoms with Crippen molar-refractivity contribution in [1.29, 1.82) is 0 Å². The van der Waals surface area contributed by atoms with Crippen LogP contribution in [-0.4, -0.2) is 23.8 Å². The molecule has 0 saturated heterocycles. The summed E-state index contributed by atoms with van der Waals surface area (Å²) in [7, 11) is 1.45. The Hall–Kier alpha value is -2.21. The average molecular weight is 412 g/mol. The number of amides is 1. The normalized spacial score (nSPS) is 15.6. The summed E-state index contributed by atoms with van der Waals surface area (Å²) in [5.74, 6) is -0.0557. The van der Waals surface area contributed by atoms with Gasteiger partial charge in [0.1, 0.15) is 5.69 Å². The number of aromatic hydroxyl groups is 1. The molecule has 0 spiro atoms. The first-order valence-electron chi connectivity index (χ1n) is 7.45. The molecule has 1 N–H and O–H groups in total. The van der Waals surface area contributed by atoms with Crippen LogP contribution in [0.3, 0.4) is 0 Å². The zero-order chi connectivity index (χ0) is 19.0. The number of hydrazone groups is 1. The van der Waals surface area contributed by atoms with Gasteiger partial charge in [-0.3, -0.25) is 4.79 Å². The van der Waals surface area contributed by atoms with Crippen molar-refractivity contribution in [2.75, 3.05) is 12.1 Å². The SMILES string of the molecule is COc1cc(C=C2C(=O)N(c3c(Cl)cc(Cl)cc3Cl)N=C2C)ccc1O. The number of rotatable bonds is 3. The molecule has 1 amide bonds. The number of carbonyl (C=O) groups is 1. The molecule has 8 heteroatoms. The highest BCUT2D eigenvalue weighted by Crippen LogP contribution is 2.39. The number of nitrogens with zero attached hydrogens (tertiary/aromatic N) is 2. The Kier molecular flexibility index (Phi) is 5.14. The topological polar surface area (TPSA) is 62.1 Å². The molecule has 1 aliphatic heterocycles. The predicted octanol–water partition coefficient (Wildman–Crippen LogP) is 5.17. The maximum Gasteiger partial charge on any atom is 0.280 e. The van der Waals surface area contributed by atoms with Crippen molar-refractivity contribution < 1.29 is 14.6 Å². The van der Waals surface area contributed by atoms with Crippen LogP contribution < -0.4 is 9.75 Å². The summed E-state index contributed by atoms with van der Waals surface area (Å²) in [6.07, 6.45) is 1.65. The lowest BCUT2D eigenvalue weighted by Gasteiger charge is -2.15. The first kappa shape index (κ1) is 18.6. The molecule has 0 aliphatic carbocycles. The fraction of sp³-hybridized carbons (Fsp3) is 0.111. The highest BCUT2D eigenvalue weighted by molar-refractivity contribution is 6.44. The number of methoxy groups -OCH3 is 1. The lowest BCUT2D eigenvalue weighted by Crippen LogP contribution is -2.22. The molecule has 0 fully saturated rings. The fourth-order valence-corrected chi connectivity index (χ4v) is 3.50. The molecule has 26 heavy (non-hydrogen) atoms. The second kappa shape index (κ2) is 7.19. The highest BCUT2D eigenvalue weighted by Gasteiger charge is 2.31. The smallest absolute Gasteiger partial charge is 0.280 e. The molecule has 134 valence electrons. The molecule has 1 heterocycles. The van der Waals surface area contributed by atoms with Gasteiger partial charge in [-0.25, -0.2) is 0 Å². The van der Waals surface area contributed by atoms with Gasteiger partial charge in [0.2, 0.25) is 0 Å². The second-order valence-corrected chi connectivity index (χ2v) is 6.76. The van der Waals surface area contributed by atoms with Gasteiger partial charge < -0.3 is 9.84 Å². The van der Waals surface area contributed by atoms with Gasteiger partial charge in [-0.15, -0.1) is 0 Å². The van der Waals surface area contributed by atoms with Crippen LogP contribution in [0.25, 0.3) is 6.08 Å². The summed E-state index contributed by atoms with van der Waals surface area (Å²) in [6, 6.07) is 7.76. The minimum atomic E-state index is -0.374. The third kappa shape index (κ3) is 3.38. The first-order valence-corrected chi connectivity index (χ1v) is 8.58. The summed E-state index contributed by atoms with van der Waals surface area (Å²) < 4.78 is 5.08. The summed E-state index contributed by atoms with van der Waals surface area (Å²) in [4.78, 5) is 12.8. The number of ether oxygens (including phenoxy) is 1.